The summed E-state index contributed by atoms with van der Waals surface area (Å²) in [6.45, 7) is 4.15. The molecule has 0 spiro atoms. The quantitative estimate of drug-likeness (QED) is 0.589. The number of benzene rings is 3. The summed E-state index contributed by atoms with van der Waals surface area (Å²) in [6, 6.07) is 26.8. The Hall–Kier alpha value is -2.03. The van der Waals surface area contributed by atoms with Crippen molar-refractivity contribution < 1.29 is 5.11 Å². The third-order valence-corrected chi connectivity index (χ3v) is 5.38. The van der Waals surface area contributed by atoms with Crippen LogP contribution in [0.2, 0.25) is 0 Å². The number of aliphatic hydroxyl groups excluding tert-OH is 1. The number of rotatable bonds is 5. The predicted molar refractivity (Wildman–Crippen MR) is 102 cm³/mol. The first-order valence-corrected chi connectivity index (χ1v) is 9.04. The second-order valence-electron chi connectivity index (χ2n) is 6.12. The topological polar surface area (TPSA) is 20.2 Å². The second-order valence-corrected chi connectivity index (χ2v) is 7.34. The van der Waals surface area contributed by atoms with E-state index in [1.807, 2.05) is 30.3 Å². The summed E-state index contributed by atoms with van der Waals surface area (Å²) in [7, 11) is 0. The minimum absolute atomic E-state index is 0.0471. The summed E-state index contributed by atoms with van der Waals surface area (Å²) in [4.78, 5) is 1.16. The van der Waals surface area contributed by atoms with Crippen LogP contribution in [0.5, 0.6) is 0 Å². The summed E-state index contributed by atoms with van der Waals surface area (Å²) in [5.41, 5.74) is 4.49. The minimum atomic E-state index is -0.558. The first-order chi connectivity index (χ1) is 11.6. The first kappa shape index (κ1) is 16.8. The van der Waals surface area contributed by atoms with E-state index in [0.29, 0.717) is 0 Å². The fourth-order valence-corrected chi connectivity index (χ4v) is 4.01. The summed E-state index contributed by atoms with van der Waals surface area (Å²) in [6.07, 6.45) is -0.558. The third kappa shape index (κ3) is 4.08. The van der Waals surface area contributed by atoms with Crippen molar-refractivity contribution in [3.05, 3.63) is 101 Å². The molecule has 0 radical (unpaired) electrons. The van der Waals surface area contributed by atoms with Gasteiger partial charge in [-0.3, -0.25) is 0 Å². The highest BCUT2D eigenvalue weighted by atomic mass is 32.2. The minimum Gasteiger partial charge on any atom is -0.387 e. The lowest BCUT2D eigenvalue weighted by molar-refractivity contribution is 0.175. The molecule has 0 aliphatic heterocycles. The van der Waals surface area contributed by atoms with Crippen LogP contribution in [0.15, 0.2) is 83.8 Å². The summed E-state index contributed by atoms with van der Waals surface area (Å²) in [5, 5.41) is 11.0. The highest BCUT2D eigenvalue weighted by Gasteiger charge is 2.24. The zero-order chi connectivity index (χ0) is 16.9. The molecule has 0 saturated heterocycles. The zero-order valence-corrected chi connectivity index (χ0v) is 14.8. The van der Waals surface area contributed by atoms with Gasteiger partial charge >= 0.3 is 0 Å². The van der Waals surface area contributed by atoms with E-state index < -0.39 is 6.10 Å². The summed E-state index contributed by atoms with van der Waals surface area (Å²) < 4.78 is 0. The number of aryl methyl sites for hydroxylation is 2. The Bertz CT molecular complexity index is 798. The van der Waals surface area contributed by atoms with Gasteiger partial charge in [-0.1, -0.05) is 77.9 Å². The Labute approximate surface area is 148 Å². The molecule has 0 bridgehead atoms. The Morgan fingerprint density at radius 3 is 1.92 bits per heavy atom. The van der Waals surface area contributed by atoms with Crippen LogP contribution in [0, 0.1) is 13.8 Å². The van der Waals surface area contributed by atoms with Crippen molar-refractivity contribution in [1.29, 1.82) is 0 Å². The number of aliphatic hydroxyl groups is 1. The maximum Gasteiger partial charge on any atom is 0.0953 e. The molecule has 3 rings (SSSR count). The van der Waals surface area contributed by atoms with Crippen LogP contribution in [0.3, 0.4) is 0 Å². The molecule has 0 amide bonds. The molecule has 0 unspecified atom stereocenters. The van der Waals surface area contributed by atoms with Gasteiger partial charge in [0.25, 0.3) is 0 Å². The molecule has 0 fully saturated rings. The summed E-state index contributed by atoms with van der Waals surface area (Å²) in [5.74, 6) is 0. The molecule has 0 saturated carbocycles. The molecule has 0 aliphatic rings. The third-order valence-electron chi connectivity index (χ3n) is 4.05. The van der Waals surface area contributed by atoms with Crippen LogP contribution in [-0.2, 0) is 0 Å². The van der Waals surface area contributed by atoms with E-state index in [9.17, 15) is 5.11 Å². The van der Waals surface area contributed by atoms with E-state index in [0.717, 1.165) is 16.0 Å². The smallest absolute Gasteiger partial charge is 0.0953 e. The van der Waals surface area contributed by atoms with Crippen LogP contribution in [0.1, 0.15) is 33.6 Å². The number of hydrogen-bond acceptors (Lipinski definition) is 2. The average molecular weight is 334 g/mol. The van der Waals surface area contributed by atoms with Crippen molar-refractivity contribution in [2.45, 2.75) is 30.1 Å². The SMILES string of the molecule is Cc1cccc([C@@H](O)[C@H](Sc2ccccc2)c2cccc(C)c2)c1. The molecule has 0 aromatic heterocycles. The van der Waals surface area contributed by atoms with Gasteiger partial charge in [-0.25, -0.2) is 0 Å². The molecular formula is C22H22OS. The second kappa shape index (κ2) is 7.69. The zero-order valence-electron chi connectivity index (χ0n) is 14.0. The molecule has 3 aromatic carbocycles. The van der Waals surface area contributed by atoms with Crippen molar-refractivity contribution in [3.63, 3.8) is 0 Å². The fraction of sp³-hybridized carbons (Fsp3) is 0.182. The number of hydrogen-bond donors (Lipinski definition) is 1. The normalized spacial score (nSPS) is 13.5. The van der Waals surface area contributed by atoms with Gasteiger partial charge in [0.2, 0.25) is 0 Å². The Morgan fingerprint density at radius 1 is 0.708 bits per heavy atom. The van der Waals surface area contributed by atoms with Crippen LogP contribution in [0.4, 0.5) is 0 Å². The van der Waals surface area contributed by atoms with E-state index in [2.05, 4.69) is 62.4 Å². The molecule has 122 valence electrons. The van der Waals surface area contributed by atoms with Crippen molar-refractivity contribution in [3.8, 4) is 0 Å². The van der Waals surface area contributed by atoms with E-state index >= 15 is 0 Å². The van der Waals surface area contributed by atoms with Crippen LogP contribution in [-0.4, -0.2) is 5.11 Å². The largest absolute Gasteiger partial charge is 0.387 e. The highest BCUT2D eigenvalue weighted by molar-refractivity contribution is 7.99. The van der Waals surface area contributed by atoms with Gasteiger partial charge in [-0.15, -0.1) is 11.8 Å². The summed E-state index contributed by atoms with van der Waals surface area (Å²) >= 11 is 1.71. The van der Waals surface area contributed by atoms with Gasteiger partial charge in [0, 0.05) is 4.90 Å². The van der Waals surface area contributed by atoms with Gasteiger partial charge in [0.1, 0.15) is 0 Å². The Morgan fingerprint density at radius 2 is 1.29 bits per heavy atom. The van der Waals surface area contributed by atoms with Gasteiger partial charge in [0.05, 0.1) is 11.4 Å². The average Bonchev–Trinajstić information content (AvgIpc) is 2.60. The lowest BCUT2D eigenvalue weighted by Crippen LogP contribution is -2.08. The van der Waals surface area contributed by atoms with Gasteiger partial charge in [0.15, 0.2) is 0 Å². The molecule has 0 aliphatic carbocycles. The van der Waals surface area contributed by atoms with E-state index in [1.165, 1.54) is 11.1 Å². The first-order valence-electron chi connectivity index (χ1n) is 8.16. The van der Waals surface area contributed by atoms with Crippen molar-refractivity contribution >= 4 is 11.8 Å². The van der Waals surface area contributed by atoms with E-state index in [1.54, 1.807) is 11.8 Å². The van der Waals surface area contributed by atoms with Crippen LogP contribution >= 0.6 is 11.8 Å². The molecular weight excluding hydrogens is 312 g/mol. The van der Waals surface area contributed by atoms with Crippen LogP contribution < -0.4 is 0 Å². The van der Waals surface area contributed by atoms with Gasteiger partial charge in [-0.2, -0.15) is 0 Å². The molecule has 2 atom stereocenters. The van der Waals surface area contributed by atoms with Crippen molar-refractivity contribution in [2.75, 3.05) is 0 Å². The lowest BCUT2D eigenvalue weighted by atomic mass is 9.98. The van der Waals surface area contributed by atoms with E-state index in [4.69, 9.17) is 0 Å². The monoisotopic (exact) mass is 334 g/mol. The van der Waals surface area contributed by atoms with Crippen molar-refractivity contribution in [2.24, 2.45) is 0 Å². The Kier molecular flexibility index (Phi) is 5.39. The molecule has 2 heteroatoms. The van der Waals surface area contributed by atoms with Crippen molar-refractivity contribution in [1.82, 2.24) is 0 Å². The molecule has 0 heterocycles. The van der Waals surface area contributed by atoms with Gasteiger partial charge < -0.3 is 5.11 Å². The standard InChI is InChI=1S/C22H22OS/c1-16-8-6-10-18(14-16)21(23)22(19-11-7-9-17(2)15-19)24-20-12-4-3-5-13-20/h3-15,21-23H,1-2H3/t21-,22-/m1/s1. The van der Waals surface area contributed by atoms with Gasteiger partial charge in [-0.05, 0) is 37.1 Å². The number of thioether (sulfide) groups is 1. The van der Waals surface area contributed by atoms with Crippen LogP contribution in [0.25, 0.3) is 0 Å². The lowest BCUT2D eigenvalue weighted by Gasteiger charge is -2.24. The highest BCUT2D eigenvalue weighted by Crippen LogP contribution is 2.44. The molecule has 3 aromatic rings. The predicted octanol–water partition coefficient (Wildman–Crippen LogP) is 5.87. The maximum atomic E-state index is 11.1. The molecule has 1 N–H and O–H groups in total. The van der Waals surface area contributed by atoms with E-state index in [-0.39, 0.29) is 5.25 Å². The Balaban J connectivity index is 1.98. The molecule has 1 nitrogen and oxygen atoms in total. The molecule has 24 heavy (non-hydrogen) atoms. The fourth-order valence-electron chi connectivity index (χ4n) is 2.84. The maximum absolute atomic E-state index is 11.1.